The monoisotopic (exact) mass is 1170 g/mol. The third kappa shape index (κ3) is 7.48. The van der Waals surface area contributed by atoms with Gasteiger partial charge in [-0.25, -0.2) is 0 Å². The number of hydrogen-bond donors (Lipinski definition) is 0. The lowest BCUT2D eigenvalue weighted by Crippen LogP contribution is -2.36. The Kier molecular flexibility index (Phi) is 11.5. The van der Waals surface area contributed by atoms with Crippen LogP contribution in [0.3, 0.4) is 0 Å². The van der Waals surface area contributed by atoms with Gasteiger partial charge in [-0.1, -0.05) is 218 Å². The van der Waals surface area contributed by atoms with E-state index in [-0.39, 0.29) is 0 Å². The molecule has 5 nitrogen and oxygen atoms in total. The standard InChI is InChI=1S/C87H57N5/c1-6-28-58(29-7-1)88(63-51-53-79-72(54-63)68-41-21-25-47-78(68)90(79)60-32-10-3-11-33-60)83-56-75-85(70-42-18-16-39-66(70)83)86-71-43-19-17-40-67(71)84(57-76(86)87(75)73-44-22-26-48-80(73)92(62-36-14-5-15-37-62)81-49-27-23-45-74(81)87)89(59-30-8-2-9-31-59)64-50-52-69-65-38-20-24-46-77(65)91(82(69)55-64)61-34-12-4-13-35-61/h1-57H. The van der Waals surface area contributed by atoms with Crippen LogP contribution in [0, 0.1) is 0 Å². The summed E-state index contributed by atoms with van der Waals surface area (Å²) < 4.78 is 4.84. The number of nitrogens with zero attached hydrogens (tertiary/aromatic N) is 5. The summed E-state index contributed by atoms with van der Waals surface area (Å²) in [5.41, 5.74) is 23.3. The van der Waals surface area contributed by atoms with E-state index in [0.717, 1.165) is 84.4 Å². The molecule has 430 valence electrons. The van der Waals surface area contributed by atoms with Gasteiger partial charge in [0.2, 0.25) is 0 Å². The molecule has 1 aliphatic carbocycles. The van der Waals surface area contributed by atoms with Crippen LogP contribution in [0.4, 0.5) is 51.2 Å². The Balaban J connectivity index is 0.938. The van der Waals surface area contributed by atoms with E-state index in [1.807, 2.05) is 0 Å². The Morgan fingerprint density at radius 3 is 1.09 bits per heavy atom. The Labute approximate surface area is 533 Å². The topological polar surface area (TPSA) is 19.6 Å². The molecule has 0 unspecified atom stereocenters. The summed E-state index contributed by atoms with van der Waals surface area (Å²) in [4.78, 5) is 7.54. The van der Waals surface area contributed by atoms with Crippen molar-refractivity contribution in [3.63, 3.8) is 0 Å². The van der Waals surface area contributed by atoms with Crippen LogP contribution in [0.2, 0.25) is 0 Å². The zero-order chi connectivity index (χ0) is 60.4. The molecule has 3 heterocycles. The molecule has 0 saturated carbocycles. The molecule has 2 aliphatic rings. The van der Waals surface area contributed by atoms with Crippen molar-refractivity contribution in [2.24, 2.45) is 0 Å². The molecular formula is C87H57N5. The summed E-state index contributed by atoms with van der Waals surface area (Å²) in [6.07, 6.45) is 0. The van der Waals surface area contributed by atoms with Crippen LogP contribution in [0.25, 0.3) is 87.7 Å². The van der Waals surface area contributed by atoms with Gasteiger partial charge in [0.1, 0.15) is 0 Å². The summed E-state index contributed by atoms with van der Waals surface area (Å²) >= 11 is 0. The van der Waals surface area contributed by atoms with Crippen molar-refractivity contribution < 1.29 is 0 Å². The van der Waals surface area contributed by atoms with Gasteiger partial charge in [0.15, 0.2) is 0 Å². The maximum absolute atomic E-state index is 2.59. The van der Waals surface area contributed by atoms with Crippen molar-refractivity contribution in [1.29, 1.82) is 0 Å². The predicted octanol–water partition coefficient (Wildman–Crippen LogP) is 23.3. The first kappa shape index (κ1) is 51.8. The number of rotatable bonds is 9. The second-order valence-electron chi connectivity index (χ2n) is 24.3. The highest BCUT2D eigenvalue weighted by molar-refractivity contribution is 6.20. The van der Waals surface area contributed by atoms with Gasteiger partial charge in [0.25, 0.3) is 0 Å². The first-order chi connectivity index (χ1) is 45.7. The average Bonchev–Trinajstić information content (AvgIpc) is 1.45. The lowest BCUT2D eigenvalue weighted by atomic mass is 9.64. The van der Waals surface area contributed by atoms with Gasteiger partial charge in [0.05, 0.1) is 50.2 Å². The van der Waals surface area contributed by atoms with Crippen molar-refractivity contribution >= 4 is 116 Å². The zero-order valence-corrected chi connectivity index (χ0v) is 50.1. The van der Waals surface area contributed by atoms with E-state index < -0.39 is 5.41 Å². The van der Waals surface area contributed by atoms with Gasteiger partial charge >= 0.3 is 0 Å². The highest BCUT2D eigenvalue weighted by atomic mass is 15.2. The first-order valence-corrected chi connectivity index (χ1v) is 31.8. The van der Waals surface area contributed by atoms with E-state index >= 15 is 0 Å². The van der Waals surface area contributed by atoms with Crippen LogP contribution in [0.1, 0.15) is 22.3 Å². The number of anilines is 9. The number of hydrogen-bond acceptors (Lipinski definition) is 3. The lowest BCUT2D eigenvalue weighted by Gasteiger charge is -2.45. The maximum atomic E-state index is 2.59. The van der Waals surface area contributed by atoms with E-state index in [2.05, 4.69) is 370 Å². The fraction of sp³-hybridized carbons (Fsp3) is 0.0115. The van der Waals surface area contributed by atoms with Gasteiger partial charge in [-0.2, -0.15) is 0 Å². The number of fused-ring (bicyclic) bond motifs is 19. The molecule has 0 atom stereocenters. The Hall–Kier alpha value is -12.2. The molecule has 0 radical (unpaired) electrons. The average molecular weight is 1170 g/mol. The smallest absolute Gasteiger partial charge is 0.0756 e. The van der Waals surface area contributed by atoms with Gasteiger partial charge in [-0.3, -0.25) is 0 Å². The predicted molar refractivity (Wildman–Crippen MR) is 385 cm³/mol. The maximum Gasteiger partial charge on any atom is 0.0756 e. The first-order valence-electron chi connectivity index (χ1n) is 31.8. The van der Waals surface area contributed by atoms with Crippen LogP contribution < -0.4 is 14.7 Å². The summed E-state index contributed by atoms with van der Waals surface area (Å²) in [7, 11) is 0. The molecule has 1 aliphatic heterocycles. The largest absolute Gasteiger partial charge is 0.310 e. The summed E-state index contributed by atoms with van der Waals surface area (Å²) in [5.74, 6) is 0. The molecule has 0 bridgehead atoms. The van der Waals surface area contributed by atoms with Gasteiger partial charge in [-0.05, 0) is 172 Å². The van der Waals surface area contributed by atoms with Crippen molar-refractivity contribution in [3.8, 4) is 22.5 Å². The number of benzene rings is 15. The van der Waals surface area contributed by atoms with Crippen LogP contribution in [0.15, 0.2) is 346 Å². The summed E-state index contributed by atoms with van der Waals surface area (Å²) in [6, 6.07) is 128. The molecular weight excluding hydrogens is 1110 g/mol. The van der Waals surface area contributed by atoms with Crippen molar-refractivity contribution in [2.75, 3.05) is 14.7 Å². The van der Waals surface area contributed by atoms with Crippen LogP contribution in [0.5, 0.6) is 0 Å². The minimum absolute atomic E-state index is 0.873. The van der Waals surface area contributed by atoms with Crippen LogP contribution in [-0.2, 0) is 5.41 Å². The van der Waals surface area contributed by atoms with Crippen molar-refractivity contribution in [1.82, 2.24) is 9.13 Å². The van der Waals surface area contributed by atoms with Gasteiger partial charge < -0.3 is 23.8 Å². The highest BCUT2D eigenvalue weighted by Crippen LogP contribution is 2.67. The lowest BCUT2D eigenvalue weighted by molar-refractivity contribution is 0.753. The molecule has 5 heteroatoms. The molecule has 2 aromatic heterocycles. The second-order valence-corrected chi connectivity index (χ2v) is 24.3. The summed E-state index contributed by atoms with van der Waals surface area (Å²) in [6.45, 7) is 0. The van der Waals surface area contributed by atoms with E-state index in [9.17, 15) is 0 Å². The second kappa shape index (κ2) is 20.4. The Morgan fingerprint density at radius 2 is 0.576 bits per heavy atom. The number of para-hydroxylation sites is 9. The Morgan fingerprint density at radius 1 is 0.217 bits per heavy atom. The summed E-state index contributed by atoms with van der Waals surface area (Å²) in [5, 5.41) is 9.53. The fourth-order valence-corrected chi connectivity index (χ4v) is 16.0. The minimum atomic E-state index is -0.873. The van der Waals surface area contributed by atoms with E-state index in [1.165, 1.54) is 76.7 Å². The Bertz CT molecular complexity index is 5730. The molecule has 0 fully saturated rings. The van der Waals surface area contributed by atoms with Crippen LogP contribution >= 0.6 is 0 Å². The molecule has 15 aromatic carbocycles. The fourth-order valence-electron chi connectivity index (χ4n) is 16.0. The highest BCUT2D eigenvalue weighted by Gasteiger charge is 2.53. The quantitative estimate of drug-likeness (QED) is 0.144. The molecule has 92 heavy (non-hydrogen) atoms. The molecule has 0 saturated heterocycles. The molecule has 0 amide bonds. The van der Waals surface area contributed by atoms with Gasteiger partial charge in [-0.15, -0.1) is 0 Å². The third-order valence-electron chi connectivity index (χ3n) is 19.6. The molecule has 1 spiro atoms. The minimum Gasteiger partial charge on any atom is -0.310 e. The van der Waals surface area contributed by atoms with E-state index in [1.54, 1.807) is 0 Å². The molecule has 17 aromatic rings. The normalized spacial score (nSPS) is 12.8. The van der Waals surface area contributed by atoms with Crippen molar-refractivity contribution in [3.05, 3.63) is 368 Å². The van der Waals surface area contributed by atoms with Crippen LogP contribution in [-0.4, -0.2) is 9.13 Å². The zero-order valence-electron chi connectivity index (χ0n) is 50.1. The SMILES string of the molecule is c1ccc(N2c3ccccc3C3(c4ccccc42)c2cc(N(c4ccccc4)c4ccc5c(c4)c4ccccc4n5-c4ccccc4)c4ccccc4c2-c2c3cc(N(c3ccccc3)c3ccc4c5ccccc5n(-c5ccccc5)c4c3)c3ccccc23)cc1. The molecule has 19 rings (SSSR count). The number of aromatic nitrogens is 2. The van der Waals surface area contributed by atoms with E-state index in [0.29, 0.717) is 0 Å². The van der Waals surface area contributed by atoms with E-state index in [4.69, 9.17) is 0 Å². The van der Waals surface area contributed by atoms with Gasteiger partial charge in [0, 0.05) is 72.1 Å². The van der Waals surface area contributed by atoms with Crippen molar-refractivity contribution in [2.45, 2.75) is 5.41 Å². The third-order valence-corrected chi connectivity index (χ3v) is 19.6. The molecule has 0 N–H and O–H groups in total.